The van der Waals surface area contributed by atoms with Crippen molar-refractivity contribution in [1.82, 2.24) is 4.72 Å². The minimum absolute atomic E-state index is 0.107. The molecule has 0 aliphatic carbocycles. The van der Waals surface area contributed by atoms with Gasteiger partial charge in [-0.2, -0.15) is 4.72 Å². The van der Waals surface area contributed by atoms with Crippen LogP contribution in [0.15, 0.2) is 35.2 Å². The Morgan fingerprint density at radius 3 is 2.32 bits per heavy atom. The molecule has 0 bridgehead atoms. The van der Waals surface area contributed by atoms with E-state index >= 15 is 0 Å². The number of halogens is 1. The van der Waals surface area contributed by atoms with Gasteiger partial charge < -0.3 is 10.1 Å². The molecule has 0 spiro atoms. The van der Waals surface area contributed by atoms with Gasteiger partial charge in [0.15, 0.2) is 0 Å². The first-order valence-electron chi connectivity index (χ1n) is 8.88. The molecular weight excluding hydrogens is 400 g/mol. The molecule has 0 heterocycles. The van der Waals surface area contributed by atoms with Gasteiger partial charge in [-0.15, -0.1) is 0 Å². The third-order valence-electron chi connectivity index (χ3n) is 4.15. The molecule has 0 aliphatic rings. The van der Waals surface area contributed by atoms with Crippen LogP contribution < -0.4 is 14.8 Å². The van der Waals surface area contributed by atoms with Gasteiger partial charge in [0.25, 0.3) is 0 Å². The zero-order chi connectivity index (χ0) is 21.1. The molecule has 1 unspecified atom stereocenters. The first-order chi connectivity index (χ1) is 13.0. The zero-order valence-corrected chi connectivity index (χ0v) is 18.2. The molecule has 2 aromatic rings. The van der Waals surface area contributed by atoms with Crippen LogP contribution in [0.2, 0.25) is 5.02 Å². The molecule has 0 radical (unpaired) electrons. The third-order valence-corrected chi connectivity index (χ3v) is 5.94. The van der Waals surface area contributed by atoms with Crippen molar-refractivity contribution < 1.29 is 17.9 Å². The van der Waals surface area contributed by atoms with Crippen LogP contribution in [-0.2, 0) is 14.8 Å². The van der Waals surface area contributed by atoms with Gasteiger partial charge in [0.2, 0.25) is 15.9 Å². The lowest BCUT2D eigenvalue weighted by molar-refractivity contribution is -0.117. The Hall–Kier alpha value is -2.09. The highest BCUT2D eigenvalue weighted by molar-refractivity contribution is 7.89. The summed E-state index contributed by atoms with van der Waals surface area (Å²) >= 11 is 5.95. The average molecular weight is 425 g/mol. The van der Waals surface area contributed by atoms with Crippen LogP contribution in [0, 0.1) is 20.8 Å². The maximum atomic E-state index is 12.8. The fraction of sp³-hybridized carbons (Fsp3) is 0.350. The fourth-order valence-corrected chi connectivity index (χ4v) is 4.54. The zero-order valence-electron chi connectivity index (χ0n) is 16.6. The molecule has 2 rings (SSSR count). The molecule has 1 amide bonds. The lowest BCUT2D eigenvalue weighted by Gasteiger charge is -2.18. The fourth-order valence-electron chi connectivity index (χ4n) is 2.93. The molecule has 6 nitrogen and oxygen atoms in total. The number of ether oxygens (including phenoxy) is 1. The lowest BCUT2D eigenvalue weighted by atomic mass is 10.0. The summed E-state index contributed by atoms with van der Waals surface area (Å²) in [5.74, 6) is -0.282. The number of carbonyl (C=O) groups is 1. The number of amides is 1. The first kappa shape index (κ1) is 22.2. The third kappa shape index (κ3) is 5.25. The molecule has 0 saturated heterocycles. The summed E-state index contributed by atoms with van der Waals surface area (Å²) in [5.41, 5.74) is 3.59. The van der Waals surface area contributed by atoms with E-state index in [4.69, 9.17) is 16.3 Å². The highest BCUT2D eigenvalue weighted by atomic mass is 35.5. The van der Waals surface area contributed by atoms with Crippen molar-refractivity contribution in [2.24, 2.45) is 0 Å². The summed E-state index contributed by atoms with van der Waals surface area (Å²) in [6, 6.07) is 7.25. The van der Waals surface area contributed by atoms with E-state index < -0.39 is 22.0 Å². The molecule has 8 heteroatoms. The Kier molecular flexibility index (Phi) is 7.09. The van der Waals surface area contributed by atoms with Gasteiger partial charge in [0.1, 0.15) is 10.6 Å². The molecular formula is C20H25ClN2O4S. The van der Waals surface area contributed by atoms with Crippen molar-refractivity contribution in [2.75, 3.05) is 11.9 Å². The predicted molar refractivity (Wildman–Crippen MR) is 112 cm³/mol. The number of carbonyl (C=O) groups excluding carboxylic acids is 1. The van der Waals surface area contributed by atoms with Crippen LogP contribution in [0.4, 0.5) is 5.69 Å². The standard InChI is InChI=1S/C20H25ClN2O4S/c1-6-27-17-8-7-16(21)11-18(17)28(25,26)23-15(5)20(24)22-19-13(3)9-12(2)10-14(19)4/h7-11,15,23H,6H2,1-5H3,(H,22,24). The van der Waals surface area contributed by atoms with E-state index in [0.29, 0.717) is 12.3 Å². The Balaban J connectivity index is 2.23. The quantitative estimate of drug-likeness (QED) is 0.704. The topological polar surface area (TPSA) is 84.5 Å². The highest BCUT2D eigenvalue weighted by Crippen LogP contribution is 2.28. The summed E-state index contributed by atoms with van der Waals surface area (Å²) in [7, 11) is -4.02. The molecule has 2 aromatic carbocycles. The van der Waals surface area contributed by atoms with Gasteiger partial charge >= 0.3 is 0 Å². The predicted octanol–water partition coefficient (Wildman–Crippen LogP) is 3.97. The largest absolute Gasteiger partial charge is 0.492 e. The van der Waals surface area contributed by atoms with E-state index in [-0.39, 0.29) is 15.7 Å². The molecule has 2 N–H and O–H groups in total. The van der Waals surface area contributed by atoms with Gasteiger partial charge in [-0.25, -0.2) is 8.42 Å². The second-order valence-corrected chi connectivity index (χ2v) is 8.75. The van der Waals surface area contributed by atoms with Crippen molar-refractivity contribution in [3.63, 3.8) is 0 Å². The summed E-state index contributed by atoms with van der Waals surface area (Å²) in [5, 5.41) is 3.06. The van der Waals surface area contributed by atoms with Crippen LogP contribution in [0.3, 0.4) is 0 Å². The highest BCUT2D eigenvalue weighted by Gasteiger charge is 2.26. The normalized spacial score (nSPS) is 12.5. The minimum Gasteiger partial charge on any atom is -0.492 e. The number of hydrogen-bond donors (Lipinski definition) is 2. The van der Waals surface area contributed by atoms with Crippen molar-refractivity contribution in [3.8, 4) is 5.75 Å². The van der Waals surface area contributed by atoms with Gasteiger partial charge in [0, 0.05) is 10.7 Å². The molecule has 0 fully saturated rings. The SMILES string of the molecule is CCOc1ccc(Cl)cc1S(=O)(=O)NC(C)C(=O)Nc1c(C)cc(C)cc1C. The Labute approximate surface area is 171 Å². The Morgan fingerprint density at radius 2 is 1.75 bits per heavy atom. The van der Waals surface area contributed by atoms with Gasteiger partial charge in [-0.3, -0.25) is 4.79 Å². The Bertz CT molecular complexity index is 967. The van der Waals surface area contributed by atoms with E-state index in [1.807, 2.05) is 32.9 Å². The number of nitrogens with one attached hydrogen (secondary N) is 2. The summed E-state index contributed by atoms with van der Waals surface area (Å²) in [6.45, 7) is 9.29. The van der Waals surface area contributed by atoms with Gasteiger partial charge in [-0.05, 0) is 63.9 Å². The lowest BCUT2D eigenvalue weighted by Crippen LogP contribution is -2.41. The smallest absolute Gasteiger partial charge is 0.245 e. The van der Waals surface area contributed by atoms with Crippen molar-refractivity contribution >= 4 is 33.2 Å². The second kappa shape index (κ2) is 8.94. The van der Waals surface area contributed by atoms with E-state index in [9.17, 15) is 13.2 Å². The van der Waals surface area contributed by atoms with Crippen LogP contribution in [0.1, 0.15) is 30.5 Å². The minimum atomic E-state index is -4.02. The van der Waals surface area contributed by atoms with E-state index in [1.54, 1.807) is 13.0 Å². The monoisotopic (exact) mass is 424 g/mol. The van der Waals surface area contributed by atoms with Crippen LogP contribution in [0.25, 0.3) is 0 Å². The molecule has 1 atom stereocenters. The maximum absolute atomic E-state index is 12.8. The number of aryl methyl sites for hydroxylation is 3. The van der Waals surface area contributed by atoms with Crippen LogP contribution in [0.5, 0.6) is 5.75 Å². The molecule has 0 saturated carbocycles. The number of benzene rings is 2. The maximum Gasteiger partial charge on any atom is 0.245 e. The summed E-state index contributed by atoms with van der Waals surface area (Å²) < 4.78 is 33.4. The summed E-state index contributed by atoms with van der Waals surface area (Å²) in [6.07, 6.45) is 0. The number of hydrogen-bond acceptors (Lipinski definition) is 4. The van der Waals surface area contributed by atoms with Crippen LogP contribution >= 0.6 is 11.6 Å². The first-order valence-corrected chi connectivity index (χ1v) is 10.7. The second-order valence-electron chi connectivity index (χ2n) is 6.63. The molecule has 28 heavy (non-hydrogen) atoms. The number of rotatable bonds is 7. The molecule has 0 aliphatic heterocycles. The molecule has 152 valence electrons. The molecule has 0 aromatic heterocycles. The average Bonchev–Trinajstić information content (AvgIpc) is 2.59. The van der Waals surface area contributed by atoms with E-state index in [1.165, 1.54) is 19.1 Å². The number of anilines is 1. The van der Waals surface area contributed by atoms with Crippen molar-refractivity contribution in [3.05, 3.63) is 52.0 Å². The van der Waals surface area contributed by atoms with E-state index in [0.717, 1.165) is 16.7 Å². The number of sulfonamides is 1. The van der Waals surface area contributed by atoms with Gasteiger partial charge in [-0.1, -0.05) is 29.3 Å². The van der Waals surface area contributed by atoms with E-state index in [2.05, 4.69) is 10.0 Å². The Morgan fingerprint density at radius 1 is 1.14 bits per heavy atom. The van der Waals surface area contributed by atoms with Gasteiger partial charge in [0.05, 0.1) is 12.6 Å². The van der Waals surface area contributed by atoms with Crippen molar-refractivity contribution in [2.45, 2.75) is 45.6 Å². The van der Waals surface area contributed by atoms with Crippen LogP contribution in [-0.4, -0.2) is 27.0 Å². The summed E-state index contributed by atoms with van der Waals surface area (Å²) in [4.78, 5) is 12.5. The van der Waals surface area contributed by atoms with Crippen molar-refractivity contribution in [1.29, 1.82) is 0 Å².